The molecule has 0 amide bonds. The number of allylic oxidation sites excluding steroid dienone is 1. The molecule has 0 aliphatic heterocycles. The molecule has 0 aromatic carbocycles. The Morgan fingerprint density at radius 1 is 0.903 bits per heavy atom. The van der Waals surface area contributed by atoms with Gasteiger partial charge in [0.15, 0.2) is 0 Å². The van der Waals surface area contributed by atoms with Gasteiger partial charge in [-0.1, -0.05) is 38.3 Å². The molecule has 0 heterocycles. The van der Waals surface area contributed by atoms with E-state index in [2.05, 4.69) is 19.9 Å². The van der Waals surface area contributed by atoms with Crippen molar-refractivity contribution < 1.29 is 19.1 Å². The van der Waals surface area contributed by atoms with Crippen molar-refractivity contribution in [2.75, 3.05) is 14.2 Å². The molecule has 0 saturated heterocycles. The molecule has 5 aliphatic carbocycles. The smallest absolute Gasteiger partial charge is 0.313 e. The molecule has 5 rings (SSSR count). The minimum Gasteiger partial charge on any atom is -0.469 e. The summed E-state index contributed by atoms with van der Waals surface area (Å²) >= 11 is 0. The second-order valence-corrected chi connectivity index (χ2v) is 11.8. The number of methoxy groups -OCH3 is 2. The highest BCUT2D eigenvalue weighted by Crippen LogP contribution is 2.69. The first kappa shape index (κ1) is 21.5. The fourth-order valence-corrected chi connectivity index (χ4v) is 9.38. The number of fused-ring (bicyclic) bond motifs is 7. The molecule has 172 valence electrons. The minimum atomic E-state index is -0.497. The SMILES string of the molecule is COC(=O)[C@H]1C=C2[C@H](C[C@H]1C(=O)OC)C[C@H]1C3CCC4CCCC[C@]4(C)C3CC[C@]21C. The first-order valence-corrected chi connectivity index (χ1v) is 12.7. The van der Waals surface area contributed by atoms with E-state index in [0.717, 1.165) is 24.2 Å². The Hall–Kier alpha value is -1.32. The summed E-state index contributed by atoms with van der Waals surface area (Å²) in [4.78, 5) is 25.2. The highest BCUT2D eigenvalue weighted by molar-refractivity contribution is 5.84. The lowest BCUT2D eigenvalue weighted by Gasteiger charge is -2.60. The van der Waals surface area contributed by atoms with Gasteiger partial charge in [0.1, 0.15) is 0 Å². The van der Waals surface area contributed by atoms with E-state index >= 15 is 0 Å². The monoisotopic (exact) mass is 428 g/mol. The van der Waals surface area contributed by atoms with Crippen molar-refractivity contribution in [1.82, 2.24) is 0 Å². The first-order valence-electron chi connectivity index (χ1n) is 12.7. The third-order valence-corrected chi connectivity index (χ3v) is 10.9. The standard InChI is InChI=1S/C27H40O4/c1-26-11-6-5-7-17(26)8-9-18-21(26)10-12-27(2)22-15-20(25(29)31-4)19(24(28)30-3)13-16(22)14-23(18)27/h15-21,23H,5-14H2,1-4H3/t16-,17?,18?,19-,20+,21?,23+,26+,27-/m1/s1. The molecule has 0 N–H and O–H groups in total. The quantitative estimate of drug-likeness (QED) is 0.427. The summed E-state index contributed by atoms with van der Waals surface area (Å²) < 4.78 is 10.2. The molecule has 4 saturated carbocycles. The van der Waals surface area contributed by atoms with Crippen molar-refractivity contribution in [3.05, 3.63) is 11.6 Å². The van der Waals surface area contributed by atoms with Crippen LogP contribution in [-0.2, 0) is 19.1 Å². The normalized spacial score (nSPS) is 48.4. The Kier molecular flexibility index (Phi) is 5.29. The zero-order valence-electron chi connectivity index (χ0n) is 19.8. The summed E-state index contributed by atoms with van der Waals surface area (Å²) in [5.74, 6) is 2.24. The van der Waals surface area contributed by atoms with Crippen LogP contribution in [0.15, 0.2) is 11.6 Å². The predicted octanol–water partition coefficient (Wildman–Crippen LogP) is 5.55. The van der Waals surface area contributed by atoms with Crippen molar-refractivity contribution >= 4 is 11.9 Å². The zero-order valence-corrected chi connectivity index (χ0v) is 19.8. The highest BCUT2D eigenvalue weighted by Gasteiger charge is 2.61. The third-order valence-electron chi connectivity index (χ3n) is 10.9. The maximum atomic E-state index is 12.6. The van der Waals surface area contributed by atoms with Crippen LogP contribution in [0, 0.1) is 52.3 Å². The van der Waals surface area contributed by atoms with Gasteiger partial charge >= 0.3 is 11.9 Å². The van der Waals surface area contributed by atoms with E-state index in [1.165, 1.54) is 77.6 Å². The maximum Gasteiger partial charge on any atom is 0.313 e. The first-order chi connectivity index (χ1) is 14.8. The number of esters is 2. The van der Waals surface area contributed by atoms with Crippen LogP contribution in [0.2, 0.25) is 0 Å². The van der Waals surface area contributed by atoms with Gasteiger partial charge in [0.25, 0.3) is 0 Å². The molecule has 0 bridgehead atoms. The second kappa shape index (κ2) is 7.63. The van der Waals surface area contributed by atoms with Crippen LogP contribution >= 0.6 is 0 Å². The number of ether oxygens (including phenoxy) is 2. The number of carbonyl (C=O) groups is 2. The van der Waals surface area contributed by atoms with Crippen LogP contribution in [0.3, 0.4) is 0 Å². The Labute approximate surface area is 187 Å². The number of carbonyl (C=O) groups excluding carboxylic acids is 2. The van der Waals surface area contributed by atoms with Crippen molar-refractivity contribution in [1.29, 1.82) is 0 Å². The maximum absolute atomic E-state index is 12.6. The van der Waals surface area contributed by atoms with Crippen LogP contribution in [-0.4, -0.2) is 26.2 Å². The van der Waals surface area contributed by atoms with Crippen LogP contribution in [0.5, 0.6) is 0 Å². The topological polar surface area (TPSA) is 52.6 Å². The van der Waals surface area contributed by atoms with E-state index in [0.29, 0.717) is 17.3 Å². The van der Waals surface area contributed by atoms with Crippen LogP contribution in [0.4, 0.5) is 0 Å². The van der Waals surface area contributed by atoms with Crippen LogP contribution in [0.1, 0.15) is 78.1 Å². The molecular formula is C27H40O4. The van der Waals surface area contributed by atoms with Crippen LogP contribution in [0.25, 0.3) is 0 Å². The molecule has 31 heavy (non-hydrogen) atoms. The fourth-order valence-electron chi connectivity index (χ4n) is 9.38. The van der Waals surface area contributed by atoms with Gasteiger partial charge in [-0.2, -0.15) is 0 Å². The summed E-state index contributed by atoms with van der Waals surface area (Å²) in [6.07, 6.45) is 15.1. The second-order valence-electron chi connectivity index (χ2n) is 11.8. The van der Waals surface area contributed by atoms with E-state index in [-0.39, 0.29) is 17.4 Å². The lowest BCUT2D eigenvalue weighted by atomic mass is 9.45. The van der Waals surface area contributed by atoms with Crippen molar-refractivity contribution in [2.45, 2.75) is 78.1 Å². The summed E-state index contributed by atoms with van der Waals surface area (Å²) in [5.41, 5.74) is 2.17. The van der Waals surface area contributed by atoms with Gasteiger partial charge in [-0.05, 0) is 91.8 Å². The molecule has 4 nitrogen and oxygen atoms in total. The van der Waals surface area contributed by atoms with E-state index < -0.39 is 11.8 Å². The lowest BCUT2D eigenvalue weighted by Crippen LogP contribution is -2.52. The van der Waals surface area contributed by atoms with Gasteiger partial charge in [0.2, 0.25) is 0 Å². The Balaban J connectivity index is 1.47. The average Bonchev–Trinajstić information content (AvgIpc) is 3.08. The molecule has 0 radical (unpaired) electrons. The van der Waals surface area contributed by atoms with E-state index in [4.69, 9.17) is 9.47 Å². The molecular weight excluding hydrogens is 388 g/mol. The van der Waals surface area contributed by atoms with Gasteiger partial charge in [-0.15, -0.1) is 0 Å². The molecule has 4 heteroatoms. The van der Waals surface area contributed by atoms with Gasteiger partial charge in [-0.25, -0.2) is 0 Å². The average molecular weight is 429 g/mol. The highest BCUT2D eigenvalue weighted by atomic mass is 16.5. The fraction of sp³-hybridized carbons (Fsp3) is 0.852. The largest absolute Gasteiger partial charge is 0.469 e. The summed E-state index contributed by atoms with van der Waals surface area (Å²) in [6.45, 7) is 5.10. The number of hydrogen-bond acceptors (Lipinski definition) is 4. The molecule has 9 atom stereocenters. The number of rotatable bonds is 2. The van der Waals surface area contributed by atoms with Gasteiger partial charge < -0.3 is 9.47 Å². The summed E-state index contributed by atoms with van der Waals surface area (Å²) in [6, 6.07) is 0. The summed E-state index contributed by atoms with van der Waals surface area (Å²) in [7, 11) is 2.86. The lowest BCUT2D eigenvalue weighted by molar-refractivity contribution is -0.156. The minimum absolute atomic E-state index is 0.178. The van der Waals surface area contributed by atoms with Gasteiger partial charge in [0.05, 0.1) is 26.1 Å². The molecule has 0 aromatic rings. The number of hydrogen-bond donors (Lipinski definition) is 0. The predicted molar refractivity (Wildman–Crippen MR) is 119 cm³/mol. The Morgan fingerprint density at radius 3 is 2.42 bits per heavy atom. The van der Waals surface area contributed by atoms with Crippen molar-refractivity contribution in [3.8, 4) is 0 Å². The van der Waals surface area contributed by atoms with Crippen molar-refractivity contribution in [3.63, 3.8) is 0 Å². The van der Waals surface area contributed by atoms with E-state index in [1.807, 2.05) is 0 Å². The Bertz CT molecular complexity index is 786. The zero-order chi connectivity index (χ0) is 22.0. The van der Waals surface area contributed by atoms with E-state index in [9.17, 15) is 9.59 Å². The molecule has 0 aromatic heterocycles. The van der Waals surface area contributed by atoms with Crippen LogP contribution < -0.4 is 0 Å². The summed E-state index contributed by atoms with van der Waals surface area (Å²) in [5, 5.41) is 0. The molecule has 4 fully saturated rings. The molecule has 3 unspecified atom stereocenters. The van der Waals surface area contributed by atoms with Crippen molar-refractivity contribution in [2.24, 2.45) is 52.3 Å². The van der Waals surface area contributed by atoms with E-state index in [1.54, 1.807) is 0 Å². The Morgan fingerprint density at radius 2 is 1.68 bits per heavy atom. The third kappa shape index (κ3) is 3.06. The van der Waals surface area contributed by atoms with Gasteiger partial charge in [-0.3, -0.25) is 9.59 Å². The van der Waals surface area contributed by atoms with Gasteiger partial charge in [0, 0.05) is 0 Å². The molecule has 0 spiro atoms. The molecule has 5 aliphatic rings.